The number of thiazole rings is 1. The molecule has 6 nitrogen and oxygen atoms in total. The molecule has 1 atom stereocenters. The number of anilines is 1. The molecular weight excluding hydrogens is 440 g/mol. The zero-order valence-electron chi connectivity index (χ0n) is 16.7. The maximum Gasteiger partial charge on any atom is 0.260 e. The second kappa shape index (κ2) is 8.66. The first-order valence-corrected chi connectivity index (χ1v) is 13.5. The topological polar surface area (TPSA) is 76.6 Å². The number of aromatic nitrogens is 1. The van der Waals surface area contributed by atoms with E-state index in [9.17, 15) is 13.2 Å². The van der Waals surface area contributed by atoms with Crippen LogP contribution in [0.15, 0.2) is 52.3 Å². The fraction of sp³-hybridized carbons (Fsp3) is 0.333. The number of thioether (sulfide) groups is 1. The standard InChI is InChI=1S/C21H22N2O4S3/c1-28-17-9-4-10-18-19(17)22-21(29-18)23(13-15-7-5-11-27-15)20(24)14-6-3-8-16(12-14)30(2,25)26/h3-4,6,8-10,12,15H,5,7,11,13H2,1-2H3. The Morgan fingerprint density at radius 2 is 2.10 bits per heavy atom. The minimum Gasteiger partial charge on any atom is -0.376 e. The lowest BCUT2D eigenvalue weighted by molar-refractivity contribution is 0.0917. The summed E-state index contributed by atoms with van der Waals surface area (Å²) < 4.78 is 30.7. The quantitative estimate of drug-likeness (QED) is 0.510. The highest BCUT2D eigenvalue weighted by atomic mass is 32.2. The van der Waals surface area contributed by atoms with Crippen LogP contribution in [0, 0.1) is 0 Å². The highest BCUT2D eigenvalue weighted by Gasteiger charge is 2.28. The van der Waals surface area contributed by atoms with E-state index in [-0.39, 0.29) is 16.9 Å². The van der Waals surface area contributed by atoms with E-state index in [1.54, 1.807) is 28.8 Å². The molecule has 0 radical (unpaired) electrons. The number of ether oxygens (including phenoxy) is 1. The van der Waals surface area contributed by atoms with Crippen molar-refractivity contribution in [2.45, 2.75) is 28.7 Å². The molecule has 1 aromatic heterocycles. The number of rotatable bonds is 6. The van der Waals surface area contributed by atoms with Gasteiger partial charge in [-0.15, -0.1) is 11.8 Å². The number of carbonyl (C=O) groups is 1. The fourth-order valence-electron chi connectivity index (χ4n) is 3.45. The number of para-hydroxylation sites is 1. The molecule has 9 heteroatoms. The molecule has 1 amide bonds. The third-order valence-corrected chi connectivity index (χ3v) is 7.91. The number of hydrogen-bond donors (Lipinski definition) is 0. The van der Waals surface area contributed by atoms with Gasteiger partial charge < -0.3 is 4.74 Å². The van der Waals surface area contributed by atoms with Gasteiger partial charge >= 0.3 is 0 Å². The number of amides is 1. The summed E-state index contributed by atoms with van der Waals surface area (Å²) in [7, 11) is -3.41. The second-order valence-electron chi connectivity index (χ2n) is 7.15. The Morgan fingerprint density at radius 3 is 2.80 bits per heavy atom. The zero-order chi connectivity index (χ0) is 21.3. The summed E-state index contributed by atoms with van der Waals surface area (Å²) in [5.74, 6) is -0.277. The molecule has 1 fully saturated rings. The predicted octanol–water partition coefficient (Wildman–Crippen LogP) is 4.25. The van der Waals surface area contributed by atoms with E-state index in [0.717, 1.165) is 34.2 Å². The Balaban J connectivity index is 1.76. The van der Waals surface area contributed by atoms with Gasteiger partial charge in [-0.25, -0.2) is 13.4 Å². The van der Waals surface area contributed by atoms with Crippen molar-refractivity contribution < 1.29 is 17.9 Å². The first-order chi connectivity index (χ1) is 14.4. The van der Waals surface area contributed by atoms with Gasteiger partial charge in [0.15, 0.2) is 15.0 Å². The normalized spacial score (nSPS) is 16.8. The van der Waals surface area contributed by atoms with Gasteiger partial charge in [0.1, 0.15) is 0 Å². The van der Waals surface area contributed by atoms with Crippen LogP contribution in [-0.2, 0) is 14.6 Å². The third-order valence-electron chi connectivity index (χ3n) is 4.99. The number of hydrogen-bond acceptors (Lipinski definition) is 7. The number of carbonyl (C=O) groups excluding carboxylic acids is 1. The van der Waals surface area contributed by atoms with Crippen LogP contribution in [0.1, 0.15) is 23.2 Å². The van der Waals surface area contributed by atoms with E-state index in [4.69, 9.17) is 9.72 Å². The van der Waals surface area contributed by atoms with Gasteiger partial charge in [0.25, 0.3) is 5.91 Å². The number of benzene rings is 2. The summed E-state index contributed by atoms with van der Waals surface area (Å²) in [4.78, 5) is 21.1. The summed E-state index contributed by atoms with van der Waals surface area (Å²) in [6, 6.07) is 12.2. The van der Waals surface area contributed by atoms with Gasteiger partial charge in [-0.1, -0.05) is 23.5 Å². The summed E-state index contributed by atoms with van der Waals surface area (Å²) >= 11 is 3.07. The molecule has 2 heterocycles. The fourth-order valence-corrected chi connectivity index (χ4v) is 5.74. The van der Waals surface area contributed by atoms with Crippen LogP contribution in [0.25, 0.3) is 10.2 Å². The lowest BCUT2D eigenvalue weighted by Crippen LogP contribution is -2.37. The van der Waals surface area contributed by atoms with Crippen LogP contribution in [-0.4, -0.2) is 51.1 Å². The van der Waals surface area contributed by atoms with Crippen LogP contribution in [0.4, 0.5) is 5.13 Å². The summed E-state index contributed by atoms with van der Waals surface area (Å²) in [5, 5.41) is 0.594. The van der Waals surface area contributed by atoms with Crippen molar-refractivity contribution in [3.8, 4) is 0 Å². The van der Waals surface area contributed by atoms with Crippen molar-refractivity contribution in [2.24, 2.45) is 0 Å². The molecule has 1 aliphatic rings. The van der Waals surface area contributed by atoms with E-state index in [1.165, 1.54) is 23.5 Å². The van der Waals surface area contributed by atoms with E-state index < -0.39 is 9.84 Å². The lowest BCUT2D eigenvalue weighted by atomic mass is 10.2. The van der Waals surface area contributed by atoms with Gasteiger partial charge in [-0.3, -0.25) is 9.69 Å². The molecule has 158 valence electrons. The highest BCUT2D eigenvalue weighted by Crippen LogP contribution is 2.35. The predicted molar refractivity (Wildman–Crippen MR) is 122 cm³/mol. The van der Waals surface area contributed by atoms with E-state index >= 15 is 0 Å². The molecule has 1 saturated heterocycles. The Morgan fingerprint density at radius 1 is 1.30 bits per heavy atom. The van der Waals surface area contributed by atoms with Crippen molar-refractivity contribution in [3.63, 3.8) is 0 Å². The molecule has 2 aromatic carbocycles. The van der Waals surface area contributed by atoms with Crippen molar-refractivity contribution >= 4 is 54.2 Å². The van der Waals surface area contributed by atoms with Gasteiger partial charge in [-0.05, 0) is 49.4 Å². The molecule has 0 spiro atoms. The van der Waals surface area contributed by atoms with Crippen LogP contribution in [0.3, 0.4) is 0 Å². The van der Waals surface area contributed by atoms with Gasteiger partial charge in [0, 0.05) is 23.3 Å². The van der Waals surface area contributed by atoms with E-state index in [2.05, 4.69) is 0 Å². The first kappa shape index (κ1) is 21.3. The average molecular weight is 463 g/mol. The van der Waals surface area contributed by atoms with E-state index in [0.29, 0.717) is 23.8 Å². The van der Waals surface area contributed by atoms with Crippen molar-refractivity contribution in [3.05, 3.63) is 48.0 Å². The summed E-state index contributed by atoms with van der Waals surface area (Å²) in [6.45, 7) is 1.07. The maximum atomic E-state index is 13.5. The molecule has 1 unspecified atom stereocenters. The van der Waals surface area contributed by atoms with Crippen LogP contribution in [0.2, 0.25) is 0 Å². The van der Waals surface area contributed by atoms with Crippen LogP contribution >= 0.6 is 23.1 Å². The molecule has 0 saturated carbocycles. The third kappa shape index (κ3) is 4.39. The molecule has 4 rings (SSSR count). The zero-order valence-corrected chi connectivity index (χ0v) is 19.1. The Kier molecular flexibility index (Phi) is 6.15. The number of fused-ring (bicyclic) bond motifs is 1. The molecular formula is C21H22N2O4S3. The molecule has 0 aliphatic carbocycles. The average Bonchev–Trinajstić information content (AvgIpc) is 3.40. The summed E-state index contributed by atoms with van der Waals surface area (Å²) in [6.07, 6.45) is 4.93. The lowest BCUT2D eigenvalue weighted by Gasteiger charge is -2.23. The van der Waals surface area contributed by atoms with Crippen molar-refractivity contribution in [1.82, 2.24) is 4.98 Å². The van der Waals surface area contributed by atoms with Crippen LogP contribution < -0.4 is 4.90 Å². The minimum atomic E-state index is -3.41. The van der Waals surface area contributed by atoms with Crippen LogP contribution in [0.5, 0.6) is 0 Å². The molecule has 0 bridgehead atoms. The molecule has 3 aromatic rings. The summed E-state index contributed by atoms with van der Waals surface area (Å²) in [5.41, 5.74) is 1.19. The molecule has 0 N–H and O–H groups in total. The van der Waals surface area contributed by atoms with E-state index in [1.807, 2.05) is 24.5 Å². The second-order valence-corrected chi connectivity index (χ2v) is 11.0. The molecule has 1 aliphatic heterocycles. The first-order valence-electron chi connectivity index (χ1n) is 9.54. The highest BCUT2D eigenvalue weighted by molar-refractivity contribution is 7.98. The SMILES string of the molecule is CSc1cccc2sc(N(CC3CCCO3)C(=O)c3cccc(S(C)(=O)=O)c3)nc12. The Labute approximate surface area is 184 Å². The Bertz CT molecular complexity index is 1180. The smallest absolute Gasteiger partial charge is 0.260 e. The van der Waals surface area contributed by atoms with Gasteiger partial charge in [0.05, 0.1) is 27.8 Å². The van der Waals surface area contributed by atoms with Crippen molar-refractivity contribution in [2.75, 3.05) is 30.6 Å². The monoisotopic (exact) mass is 462 g/mol. The minimum absolute atomic E-state index is 0.0564. The molecule has 30 heavy (non-hydrogen) atoms. The van der Waals surface area contributed by atoms with Crippen molar-refractivity contribution in [1.29, 1.82) is 0 Å². The Hall–Kier alpha value is -1.94. The largest absolute Gasteiger partial charge is 0.376 e. The van der Waals surface area contributed by atoms with Gasteiger partial charge in [-0.2, -0.15) is 0 Å². The van der Waals surface area contributed by atoms with Gasteiger partial charge in [0.2, 0.25) is 0 Å². The number of nitrogens with zero attached hydrogens (tertiary/aromatic N) is 2. The maximum absolute atomic E-state index is 13.5. The number of sulfone groups is 1.